The number of nitro groups is 1. The molecule has 0 saturated heterocycles. The number of nitrogens with zero attached hydrogens (tertiary/aromatic N) is 1. The van der Waals surface area contributed by atoms with Crippen LogP contribution >= 0.6 is 0 Å². The van der Waals surface area contributed by atoms with Gasteiger partial charge in [-0.3, -0.25) is 29.3 Å². The lowest BCUT2D eigenvalue weighted by atomic mass is 10.1. The minimum absolute atomic E-state index is 0.0206. The van der Waals surface area contributed by atoms with E-state index in [4.69, 9.17) is 9.47 Å². The van der Waals surface area contributed by atoms with E-state index in [0.717, 1.165) is 6.07 Å². The minimum Gasteiger partial charge on any atom is -0.497 e. The quantitative estimate of drug-likeness (QED) is 0.244. The standard InChI is InChI=1S/C20H19N3O8/c1-30-16-7-5-13(6-8-16)20(27)22-10-18(25)21-11-19(26)31-12-17(24)14-3-2-4-15(9-14)23(28)29/h2-9H,10-12H2,1H3,(H,21,25)(H,22,27). The molecule has 2 N–H and O–H groups in total. The number of ether oxygens (including phenoxy) is 2. The summed E-state index contributed by atoms with van der Waals surface area (Å²) in [4.78, 5) is 57.5. The molecule has 11 heteroatoms. The van der Waals surface area contributed by atoms with Crippen LogP contribution in [0.2, 0.25) is 0 Å². The number of non-ortho nitro benzene ring substituents is 1. The van der Waals surface area contributed by atoms with Crippen LogP contribution in [-0.4, -0.2) is 55.3 Å². The molecule has 162 valence electrons. The van der Waals surface area contributed by atoms with Gasteiger partial charge in [0.1, 0.15) is 12.3 Å². The summed E-state index contributed by atoms with van der Waals surface area (Å²) in [6.07, 6.45) is 0. The number of hydrogen-bond donors (Lipinski definition) is 2. The first kappa shape index (κ1) is 23.0. The highest BCUT2D eigenvalue weighted by Gasteiger charge is 2.14. The number of esters is 1. The molecular formula is C20H19N3O8. The summed E-state index contributed by atoms with van der Waals surface area (Å²) < 4.78 is 9.74. The average molecular weight is 429 g/mol. The zero-order chi connectivity index (χ0) is 22.8. The number of amides is 2. The van der Waals surface area contributed by atoms with Gasteiger partial charge in [-0.25, -0.2) is 0 Å². The zero-order valence-electron chi connectivity index (χ0n) is 16.5. The predicted octanol–water partition coefficient (Wildman–Crippen LogP) is 0.876. The van der Waals surface area contributed by atoms with Crippen LogP contribution in [0, 0.1) is 10.1 Å². The monoisotopic (exact) mass is 429 g/mol. The van der Waals surface area contributed by atoms with E-state index in [0.29, 0.717) is 11.3 Å². The fourth-order valence-corrected chi connectivity index (χ4v) is 2.31. The van der Waals surface area contributed by atoms with E-state index in [1.165, 1.54) is 37.4 Å². The number of methoxy groups -OCH3 is 1. The summed E-state index contributed by atoms with van der Waals surface area (Å²) in [5.41, 5.74) is 0.0843. The van der Waals surface area contributed by atoms with E-state index in [9.17, 15) is 29.3 Å². The van der Waals surface area contributed by atoms with Crippen molar-refractivity contribution in [1.82, 2.24) is 10.6 Å². The molecule has 0 radical (unpaired) electrons. The topological polar surface area (TPSA) is 154 Å². The number of Topliss-reactive ketones (excluding diaryl/α,β-unsaturated/α-hetero) is 1. The van der Waals surface area contributed by atoms with E-state index >= 15 is 0 Å². The Hall–Kier alpha value is -4.28. The van der Waals surface area contributed by atoms with E-state index in [2.05, 4.69) is 10.6 Å². The van der Waals surface area contributed by atoms with Crippen LogP contribution < -0.4 is 15.4 Å². The number of benzene rings is 2. The molecular weight excluding hydrogens is 410 g/mol. The second-order valence-corrected chi connectivity index (χ2v) is 6.08. The fraction of sp³-hybridized carbons (Fsp3) is 0.200. The van der Waals surface area contributed by atoms with Crippen molar-refractivity contribution < 1.29 is 33.6 Å². The van der Waals surface area contributed by atoms with Crippen LogP contribution in [0.5, 0.6) is 5.75 Å². The number of hydrogen-bond acceptors (Lipinski definition) is 8. The Balaban J connectivity index is 1.71. The number of nitro benzene ring substituents is 1. The van der Waals surface area contributed by atoms with Crippen molar-refractivity contribution in [2.75, 3.05) is 26.8 Å². The third-order valence-electron chi connectivity index (χ3n) is 3.93. The van der Waals surface area contributed by atoms with Gasteiger partial charge < -0.3 is 20.1 Å². The van der Waals surface area contributed by atoms with Crippen molar-refractivity contribution in [2.45, 2.75) is 0 Å². The molecule has 0 aliphatic heterocycles. The maximum absolute atomic E-state index is 12.0. The van der Waals surface area contributed by atoms with Gasteiger partial charge in [0.25, 0.3) is 11.6 Å². The molecule has 0 saturated carbocycles. The van der Waals surface area contributed by atoms with Gasteiger partial charge in [-0.15, -0.1) is 0 Å². The Morgan fingerprint density at radius 2 is 1.68 bits per heavy atom. The highest BCUT2D eigenvalue weighted by molar-refractivity contribution is 5.99. The Labute approximate surface area is 176 Å². The summed E-state index contributed by atoms with van der Waals surface area (Å²) >= 11 is 0. The number of nitrogens with one attached hydrogen (secondary N) is 2. The van der Waals surface area contributed by atoms with Crippen molar-refractivity contribution in [3.8, 4) is 5.75 Å². The van der Waals surface area contributed by atoms with Gasteiger partial charge in [0.05, 0.1) is 18.6 Å². The van der Waals surface area contributed by atoms with Crippen LogP contribution in [0.4, 0.5) is 5.69 Å². The molecule has 0 aliphatic rings. The molecule has 2 aromatic carbocycles. The Bertz CT molecular complexity index is 988. The molecule has 0 bridgehead atoms. The Morgan fingerprint density at radius 1 is 0.968 bits per heavy atom. The SMILES string of the molecule is COc1ccc(C(=O)NCC(=O)NCC(=O)OCC(=O)c2cccc([N+](=O)[O-])c2)cc1. The molecule has 0 fully saturated rings. The van der Waals surface area contributed by atoms with Gasteiger partial charge in [-0.05, 0) is 24.3 Å². The maximum atomic E-state index is 12.0. The molecule has 0 atom stereocenters. The normalized spacial score (nSPS) is 9.97. The lowest BCUT2D eigenvalue weighted by molar-refractivity contribution is -0.384. The first-order chi connectivity index (χ1) is 14.8. The van der Waals surface area contributed by atoms with E-state index in [1.54, 1.807) is 12.1 Å². The Morgan fingerprint density at radius 3 is 2.32 bits per heavy atom. The molecule has 0 unspecified atom stereocenters. The molecule has 2 aromatic rings. The molecule has 11 nitrogen and oxygen atoms in total. The maximum Gasteiger partial charge on any atom is 0.325 e. The average Bonchev–Trinajstić information content (AvgIpc) is 2.79. The van der Waals surface area contributed by atoms with Crippen molar-refractivity contribution in [2.24, 2.45) is 0 Å². The van der Waals surface area contributed by atoms with Gasteiger partial charge >= 0.3 is 5.97 Å². The molecule has 0 aromatic heterocycles. The molecule has 31 heavy (non-hydrogen) atoms. The lowest BCUT2D eigenvalue weighted by Gasteiger charge is -2.08. The third-order valence-corrected chi connectivity index (χ3v) is 3.93. The van der Waals surface area contributed by atoms with Crippen LogP contribution in [0.3, 0.4) is 0 Å². The van der Waals surface area contributed by atoms with Crippen molar-refractivity contribution in [1.29, 1.82) is 0 Å². The molecule has 0 aliphatic carbocycles. The van der Waals surface area contributed by atoms with Crippen molar-refractivity contribution in [3.63, 3.8) is 0 Å². The van der Waals surface area contributed by atoms with E-state index in [-0.39, 0.29) is 17.8 Å². The smallest absolute Gasteiger partial charge is 0.325 e. The van der Waals surface area contributed by atoms with Crippen LogP contribution in [0.15, 0.2) is 48.5 Å². The summed E-state index contributed by atoms with van der Waals surface area (Å²) in [7, 11) is 1.49. The summed E-state index contributed by atoms with van der Waals surface area (Å²) in [6.45, 7) is -1.52. The molecule has 2 amide bonds. The van der Waals surface area contributed by atoms with Crippen molar-refractivity contribution in [3.05, 3.63) is 69.8 Å². The summed E-state index contributed by atoms with van der Waals surface area (Å²) in [5, 5.41) is 15.4. The zero-order valence-corrected chi connectivity index (χ0v) is 16.5. The van der Waals surface area contributed by atoms with Crippen molar-refractivity contribution >= 4 is 29.3 Å². The number of rotatable bonds is 10. The minimum atomic E-state index is -0.881. The first-order valence-electron chi connectivity index (χ1n) is 8.92. The Kier molecular flexibility index (Phi) is 8.20. The molecule has 0 spiro atoms. The number of carbonyl (C=O) groups excluding carboxylic acids is 4. The highest BCUT2D eigenvalue weighted by atomic mass is 16.6. The first-order valence-corrected chi connectivity index (χ1v) is 8.92. The lowest BCUT2D eigenvalue weighted by Crippen LogP contribution is -2.39. The number of carbonyl (C=O) groups is 4. The van der Waals surface area contributed by atoms with E-state index < -0.39 is 41.6 Å². The van der Waals surface area contributed by atoms with Gasteiger partial charge in [-0.2, -0.15) is 0 Å². The van der Waals surface area contributed by atoms with Gasteiger partial charge in [-0.1, -0.05) is 12.1 Å². The van der Waals surface area contributed by atoms with Gasteiger partial charge in [0, 0.05) is 23.3 Å². The summed E-state index contributed by atoms with van der Waals surface area (Å²) in [5.74, 6) is -2.05. The second-order valence-electron chi connectivity index (χ2n) is 6.08. The van der Waals surface area contributed by atoms with E-state index in [1.807, 2.05) is 0 Å². The largest absolute Gasteiger partial charge is 0.497 e. The van der Waals surface area contributed by atoms with Gasteiger partial charge in [0.15, 0.2) is 6.61 Å². The predicted molar refractivity (Wildman–Crippen MR) is 107 cm³/mol. The van der Waals surface area contributed by atoms with Crippen LogP contribution in [0.25, 0.3) is 0 Å². The molecule has 2 rings (SSSR count). The van der Waals surface area contributed by atoms with Gasteiger partial charge in [0.2, 0.25) is 11.7 Å². The second kappa shape index (κ2) is 11.0. The third kappa shape index (κ3) is 7.24. The highest BCUT2D eigenvalue weighted by Crippen LogP contribution is 2.13. The fourth-order valence-electron chi connectivity index (χ4n) is 2.31. The van der Waals surface area contributed by atoms with Crippen LogP contribution in [0.1, 0.15) is 20.7 Å². The van der Waals surface area contributed by atoms with Crippen LogP contribution in [-0.2, 0) is 14.3 Å². The number of ketones is 1. The summed E-state index contributed by atoms with van der Waals surface area (Å²) in [6, 6.07) is 11.3. The molecule has 0 heterocycles.